The Morgan fingerprint density at radius 2 is 1.87 bits per heavy atom. The van der Waals surface area contributed by atoms with Crippen LogP contribution in [0, 0.1) is 0 Å². The van der Waals surface area contributed by atoms with Crippen molar-refractivity contribution in [1.29, 1.82) is 0 Å². The lowest BCUT2D eigenvalue weighted by molar-refractivity contribution is -0.111. The first-order valence-corrected chi connectivity index (χ1v) is 12.6. The van der Waals surface area contributed by atoms with Gasteiger partial charge in [-0.15, -0.1) is 0 Å². The highest BCUT2D eigenvalue weighted by atomic mass is 16.5. The molecule has 0 unspecified atom stereocenters. The van der Waals surface area contributed by atoms with Gasteiger partial charge in [-0.25, -0.2) is 4.98 Å². The molecule has 2 amide bonds. The van der Waals surface area contributed by atoms with Gasteiger partial charge < -0.3 is 30.9 Å². The Balaban J connectivity index is 1.58. The van der Waals surface area contributed by atoms with Crippen LogP contribution in [0.25, 0.3) is 0 Å². The van der Waals surface area contributed by atoms with Gasteiger partial charge in [0.05, 0.1) is 0 Å². The first-order valence-electron chi connectivity index (χ1n) is 12.6. The predicted octanol–water partition coefficient (Wildman–Crippen LogP) is 3.94. The molecule has 0 spiro atoms. The second-order valence-corrected chi connectivity index (χ2v) is 9.03. The molecule has 1 aliphatic rings. The summed E-state index contributed by atoms with van der Waals surface area (Å²) in [5, 5.41) is 5.87. The highest BCUT2D eigenvalue weighted by Crippen LogP contribution is 2.29. The van der Waals surface area contributed by atoms with E-state index in [1.54, 1.807) is 24.3 Å². The lowest BCUT2D eigenvalue weighted by atomic mass is 10.2. The van der Waals surface area contributed by atoms with Gasteiger partial charge in [-0.1, -0.05) is 19.6 Å². The largest absolute Gasteiger partial charge is 0.437 e. The van der Waals surface area contributed by atoms with Gasteiger partial charge in [0.1, 0.15) is 11.4 Å². The molecule has 1 fully saturated rings. The van der Waals surface area contributed by atoms with Crippen molar-refractivity contribution in [2.24, 2.45) is 5.73 Å². The van der Waals surface area contributed by atoms with Gasteiger partial charge in [0.15, 0.2) is 11.5 Å². The zero-order valence-corrected chi connectivity index (χ0v) is 21.7. The molecule has 38 heavy (non-hydrogen) atoms. The molecule has 0 radical (unpaired) electrons. The average molecular weight is 516 g/mol. The summed E-state index contributed by atoms with van der Waals surface area (Å²) < 4.78 is 6.03. The maximum Gasteiger partial charge on any atom is 0.271 e. The van der Waals surface area contributed by atoms with E-state index in [0.717, 1.165) is 44.0 Å². The van der Waals surface area contributed by atoms with Crippen LogP contribution in [0.15, 0.2) is 61.2 Å². The standard InChI is InChI=1S/C28H33N7O3/c1-4-23-28(38-22-9-6-8-20(18-22)30-24(36)5-2)33-27(25(32-23)26(29)37)31-19-10-12-21(13-11-19)35-15-7-14-34(3)16-17-35/h5-6,8-13,18H,2,4,7,14-17H2,1,3H3,(H2,29,37)(H,30,36)(H,31,33). The quantitative estimate of drug-likeness (QED) is 0.366. The smallest absolute Gasteiger partial charge is 0.271 e. The van der Waals surface area contributed by atoms with E-state index in [-0.39, 0.29) is 23.3 Å². The van der Waals surface area contributed by atoms with E-state index >= 15 is 0 Å². The molecule has 1 saturated heterocycles. The fourth-order valence-electron chi connectivity index (χ4n) is 4.16. The molecular formula is C28H33N7O3. The summed E-state index contributed by atoms with van der Waals surface area (Å²) in [6.45, 7) is 9.44. The van der Waals surface area contributed by atoms with Crippen LogP contribution >= 0.6 is 0 Å². The van der Waals surface area contributed by atoms with Crippen LogP contribution < -0.4 is 26.0 Å². The van der Waals surface area contributed by atoms with Crippen molar-refractivity contribution in [1.82, 2.24) is 14.9 Å². The number of aromatic nitrogens is 2. The van der Waals surface area contributed by atoms with E-state index in [9.17, 15) is 9.59 Å². The monoisotopic (exact) mass is 515 g/mol. The van der Waals surface area contributed by atoms with Crippen LogP contribution in [-0.4, -0.2) is 59.9 Å². The normalized spacial score (nSPS) is 13.9. The Hall–Kier alpha value is -4.44. The molecule has 0 aliphatic carbocycles. The topological polar surface area (TPSA) is 126 Å². The van der Waals surface area contributed by atoms with E-state index < -0.39 is 5.91 Å². The van der Waals surface area contributed by atoms with Gasteiger partial charge in [-0.2, -0.15) is 4.98 Å². The fourth-order valence-corrected chi connectivity index (χ4v) is 4.16. The summed E-state index contributed by atoms with van der Waals surface area (Å²) in [7, 11) is 2.15. The number of primary amides is 1. The number of anilines is 4. The molecule has 198 valence electrons. The zero-order valence-electron chi connectivity index (χ0n) is 21.7. The van der Waals surface area contributed by atoms with Crippen LogP contribution in [0.5, 0.6) is 11.6 Å². The number of carbonyl (C=O) groups excluding carboxylic acids is 2. The lowest BCUT2D eigenvalue weighted by Crippen LogP contribution is -2.28. The van der Waals surface area contributed by atoms with Crippen molar-refractivity contribution in [2.45, 2.75) is 19.8 Å². The number of benzene rings is 2. The van der Waals surface area contributed by atoms with Gasteiger partial charge >= 0.3 is 0 Å². The lowest BCUT2D eigenvalue weighted by Gasteiger charge is -2.23. The molecule has 4 N–H and O–H groups in total. The van der Waals surface area contributed by atoms with E-state index in [1.807, 2.05) is 31.2 Å². The number of nitrogens with zero attached hydrogens (tertiary/aromatic N) is 4. The minimum atomic E-state index is -0.694. The number of hydrogen-bond donors (Lipinski definition) is 3. The number of likely N-dealkylation sites (N-methyl/N-ethyl adjacent to an activating group) is 1. The van der Waals surface area contributed by atoms with Crippen molar-refractivity contribution in [3.05, 3.63) is 72.6 Å². The molecule has 0 bridgehead atoms. The number of hydrogen-bond acceptors (Lipinski definition) is 8. The fraction of sp³-hybridized carbons (Fsp3) is 0.286. The molecule has 10 nitrogen and oxygen atoms in total. The summed E-state index contributed by atoms with van der Waals surface area (Å²) in [5.41, 5.74) is 8.57. The van der Waals surface area contributed by atoms with Crippen LogP contribution in [0.1, 0.15) is 29.5 Å². The highest BCUT2D eigenvalue weighted by molar-refractivity contribution is 5.99. The van der Waals surface area contributed by atoms with E-state index in [0.29, 0.717) is 23.6 Å². The summed E-state index contributed by atoms with van der Waals surface area (Å²) in [5.74, 6) is -0.146. The molecule has 1 aliphatic heterocycles. The van der Waals surface area contributed by atoms with E-state index in [4.69, 9.17) is 10.5 Å². The Labute approximate surface area is 222 Å². The van der Waals surface area contributed by atoms with Gasteiger partial charge in [0, 0.05) is 42.8 Å². The van der Waals surface area contributed by atoms with E-state index in [1.165, 1.54) is 6.08 Å². The minimum absolute atomic E-state index is 0.0285. The number of nitrogens with two attached hydrogens (primary N) is 1. The maximum absolute atomic E-state index is 12.2. The predicted molar refractivity (Wildman–Crippen MR) is 149 cm³/mol. The molecule has 2 heterocycles. The molecular weight excluding hydrogens is 482 g/mol. The highest BCUT2D eigenvalue weighted by Gasteiger charge is 2.19. The van der Waals surface area contributed by atoms with Gasteiger partial charge in [0.2, 0.25) is 11.8 Å². The molecule has 0 saturated carbocycles. The van der Waals surface area contributed by atoms with E-state index in [2.05, 4.69) is 44.0 Å². The van der Waals surface area contributed by atoms with Crippen molar-refractivity contribution < 1.29 is 14.3 Å². The summed E-state index contributed by atoms with van der Waals surface area (Å²) in [6, 6.07) is 14.9. The van der Waals surface area contributed by atoms with Crippen LogP contribution in [0.2, 0.25) is 0 Å². The zero-order chi connectivity index (χ0) is 27.1. The molecule has 10 heteroatoms. The molecule has 3 aromatic rings. The van der Waals surface area contributed by atoms with Crippen molar-refractivity contribution in [2.75, 3.05) is 48.8 Å². The van der Waals surface area contributed by atoms with Crippen LogP contribution in [-0.2, 0) is 11.2 Å². The Kier molecular flexibility index (Phi) is 8.55. The molecule has 0 atom stereocenters. The summed E-state index contributed by atoms with van der Waals surface area (Å²) in [6.07, 6.45) is 2.77. The van der Waals surface area contributed by atoms with Crippen molar-refractivity contribution in [3.63, 3.8) is 0 Å². The second kappa shape index (κ2) is 12.2. The SMILES string of the molecule is C=CC(=O)Nc1cccc(Oc2nc(Nc3ccc(N4CCCN(C)CC4)cc3)c(C(N)=O)nc2CC)c1. The van der Waals surface area contributed by atoms with Crippen LogP contribution in [0.3, 0.4) is 0 Å². The molecule has 1 aromatic heterocycles. The number of rotatable bonds is 9. The Morgan fingerprint density at radius 1 is 1.08 bits per heavy atom. The van der Waals surface area contributed by atoms with Crippen molar-refractivity contribution >= 4 is 34.7 Å². The first-order chi connectivity index (χ1) is 18.4. The Morgan fingerprint density at radius 3 is 2.58 bits per heavy atom. The van der Waals surface area contributed by atoms with Gasteiger partial charge in [-0.3, -0.25) is 9.59 Å². The van der Waals surface area contributed by atoms with Crippen molar-refractivity contribution in [3.8, 4) is 11.6 Å². The third-order valence-corrected chi connectivity index (χ3v) is 6.22. The third kappa shape index (κ3) is 6.65. The van der Waals surface area contributed by atoms with Crippen LogP contribution in [0.4, 0.5) is 22.9 Å². The van der Waals surface area contributed by atoms with Gasteiger partial charge in [0.25, 0.3) is 5.91 Å². The number of ether oxygens (including phenoxy) is 1. The number of amides is 2. The maximum atomic E-state index is 12.2. The van der Waals surface area contributed by atoms with Gasteiger partial charge in [-0.05, 0) is 68.9 Å². The minimum Gasteiger partial charge on any atom is -0.437 e. The summed E-state index contributed by atoms with van der Waals surface area (Å²) in [4.78, 5) is 37.6. The second-order valence-electron chi connectivity index (χ2n) is 9.03. The summed E-state index contributed by atoms with van der Waals surface area (Å²) >= 11 is 0. The average Bonchev–Trinajstić information content (AvgIpc) is 3.13. The number of aryl methyl sites for hydroxylation is 1. The number of carbonyl (C=O) groups is 2. The number of nitrogens with one attached hydrogen (secondary N) is 2. The molecule has 2 aromatic carbocycles. The first kappa shape index (κ1) is 26.6. The third-order valence-electron chi connectivity index (χ3n) is 6.22. The molecule has 4 rings (SSSR count). The Bertz CT molecular complexity index is 1310.